The van der Waals surface area contributed by atoms with E-state index in [1.165, 1.54) is 0 Å². The summed E-state index contributed by atoms with van der Waals surface area (Å²) >= 11 is 0. The smallest absolute Gasteiger partial charge is 0.329 e. The van der Waals surface area contributed by atoms with Gasteiger partial charge in [-0.15, -0.1) is 5.53 Å². The van der Waals surface area contributed by atoms with Gasteiger partial charge in [0.25, 0.3) is 0 Å². The second-order valence-corrected chi connectivity index (χ2v) is 6.64. The highest BCUT2D eigenvalue weighted by molar-refractivity contribution is 5.90. The molecule has 0 spiro atoms. The third-order valence-electron chi connectivity index (χ3n) is 4.48. The Balaban J connectivity index is 1.55. The number of urea groups is 1. The van der Waals surface area contributed by atoms with Crippen LogP contribution in [0.5, 0.6) is 0 Å². The Morgan fingerprint density at radius 1 is 1.20 bits per heavy atom. The summed E-state index contributed by atoms with van der Waals surface area (Å²) in [4.78, 5) is 16.2. The molecule has 0 radical (unpaired) electrons. The average molecular weight is 417 g/mol. The van der Waals surface area contributed by atoms with Gasteiger partial charge in [-0.3, -0.25) is 9.41 Å². The number of alkyl halides is 3. The fourth-order valence-electron chi connectivity index (χ4n) is 3.10. The van der Waals surface area contributed by atoms with Crippen molar-refractivity contribution in [2.24, 2.45) is 0 Å². The monoisotopic (exact) mass is 417 g/mol. The Bertz CT molecular complexity index is 1120. The Hall–Kier alpha value is -3.73. The number of fused-ring (bicyclic) bond motifs is 1. The number of nitrogens with zero attached hydrogens (tertiary/aromatic N) is 3. The van der Waals surface area contributed by atoms with Gasteiger partial charge in [-0.05, 0) is 24.3 Å². The number of anilines is 1. The highest BCUT2D eigenvalue weighted by Gasteiger charge is 2.27. The Labute approximate surface area is 169 Å². The molecule has 0 saturated heterocycles. The highest BCUT2D eigenvalue weighted by atomic mass is 19.4. The van der Waals surface area contributed by atoms with Crippen LogP contribution in [-0.4, -0.2) is 40.2 Å². The van der Waals surface area contributed by atoms with E-state index in [1.807, 2.05) is 47.1 Å². The summed E-state index contributed by atoms with van der Waals surface area (Å²) in [5.74, 6) is 0. The summed E-state index contributed by atoms with van der Waals surface area (Å²) in [5.41, 5.74) is 10.4. The molecular weight excluding hydrogens is 399 g/mol. The highest BCUT2D eigenvalue weighted by Crippen LogP contribution is 2.26. The van der Waals surface area contributed by atoms with Gasteiger partial charge in [0.15, 0.2) is 0 Å². The van der Waals surface area contributed by atoms with Crippen LogP contribution in [-0.2, 0) is 0 Å². The molecule has 1 aliphatic heterocycles. The lowest BCUT2D eigenvalue weighted by molar-refractivity contribution is -0.122. The molecule has 0 aliphatic carbocycles. The number of hydrazine groups is 2. The standard InChI is InChI=1S/C19H18F3N7O/c1-28-15(10-25-27-28)13-5-6-29-16(9-23-17(29)8-13)12-3-2-4-14(7-12)26-18(30)24-11-19(20,21)22/h2-10,25,27H,11H2,1H3,(H2,24,26,30). The molecule has 30 heavy (non-hydrogen) atoms. The quantitative estimate of drug-likeness (QED) is 0.525. The van der Waals surface area contributed by atoms with Crippen LogP contribution >= 0.6 is 0 Å². The van der Waals surface area contributed by atoms with Crippen molar-refractivity contribution in [2.75, 3.05) is 18.9 Å². The van der Waals surface area contributed by atoms with E-state index in [2.05, 4.69) is 21.3 Å². The number of hydrogen-bond donors (Lipinski definition) is 4. The normalized spacial score (nSPS) is 13.9. The Morgan fingerprint density at radius 2 is 2.03 bits per heavy atom. The third-order valence-corrected chi connectivity index (χ3v) is 4.48. The first-order chi connectivity index (χ1) is 14.3. The summed E-state index contributed by atoms with van der Waals surface area (Å²) in [6, 6.07) is 9.76. The summed E-state index contributed by atoms with van der Waals surface area (Å²) < 4.78 is 38.6. The number of amides is 2. The van der Waals surface area contributed by atoms with Crippen LogP contribution in [0.2, 0.25) is 0 Å². The first-order valence-corrected chi connectivity index (χ1v) is 8.95. The number of benzene rings is 1. The molecule has 2 aromatic heterocycles. The minimum Gasteiger partial charge on any atom is -0.329 e. The summed E-state index contributed by atoms with van der Waals surface area (Å²) in [6.07, 6.45) is 0.958. The van der Waals surface area contributed by atoms with Gasteiger partial charge in [-0.2, -0.15) is 13.2 Å². The van der Waals surface area contributed by atoms with Crippen molar-refractivity contribution in [3.63, 3.8) is 0 Å². The molecule has 0 bridgehead atoms. The predicted molar refractivity (Wildman–Crippen MR) is 106 cm³/mol. The van der Waals surface area contributed by atoms with Crippen LogP contribution < -0.4 is 21.6 Å². The van der Waals surface area contributed by atoms with E-state index in [1.54, 1.807) is 29.7 Å². The van der Waals surface area contributed by atoms with Gasteiger partial charge in [-0.25, -0.2) is 9.78 Å². The van der Waals surface area contributed by atoms with Gasteiger partial charge in [0.2, 0.25) is 0 Å². The number of pyridine rings is 1. The van der Waals surface area contributed by atoms with E-state index in [4.69, 9.17) is 0 Å². The van der Waals surface area contributed by atoms with E-state index in [0.29, 0.717) is 5.69 Å². The maximum absolute atomic E-state index is 12.2. The largest absolute Gasteiger partial charge is 0.405 e. The van der Waals surface area contributed by atoms with E-state index < -0.39 is 18.8 Å². The second kappa shape index (κ2) is 7.59. The number of imidazole rings is 1. The summed E-state index contributed by atoms with van der Waals surface area (Å²) in [7, 11) is 1.89. The van der Waals surface area contributed by atoms with Gasteiger partial charge in [0, 0.05) is 36.3 Å². The van der Waals surface area contributed by atoms with Gasteiger partial charge < -0.3 is 16.1 Å². The third kappa shape index (κ3) is 4.15. The first kappa shape index (κ1) is 19.6. The molecule has 3 heterocycles. The van der Waals surface area contributed by atoms with E-state index in [-0.39, 0.29) is 0 Å². The second-order valence-electron chi connectivity index (χ2n) is 6.64. The van der Waals surface area contributed by atoms with Crippen molar-refractivity contribution in [2.45, 2.75) is 6.18 Å². The number of rotatable bonds is 4. The maximum atomic E-state index is 12.2. The van der Waals surface area contributed by atoms with Gasteiger partial charge >= 0.3 is 12.2 Å². The molecule has 3 aromatic rings. The van der Waals surface area contributed by atoms with Crippen LogP contribution in [0, 0.1) is 0 Å². The Morgan fingerprint density at radius 3 is 2.77 bits per heavy atom. The zero-order chi connectivity index (χ0) is 21.3. The van der Waals surface area contributed by atoms with Crippen molar-refractivity contribution in [3.05, 3.63) is 60.6 Å². The van der Waals surface area contributed by atoms with Crippen molar-refractivity contribution in [3.8, 4) is 11.3 Å². The molecule has 156 valence electrons. The minimum atomic E-state index is -4.47. The molecule has 1 aromatic carbocycles. The van der Waals surface area contributed by atoms with Gasteiger partial charge in [0.1, 0.15) is 12.2 Å². The van der Waals surface area contributed by atoms with Gasteiger partial charge in [0.05, 0.1) is 17.6 Å². The molecule has 0 saturated carbocycles. The zero-order valence-corrected chi connectivity index (χ0v) is 15.8. The van der Waals surface area contributed by atoms with Crippen molar-refractivity contribution < 1.29 is 18.0 Å². The van der Waals surface area contributed by atoms with Crippen LogP contribution in [0.1, 0.15) is 5.56 Å². The SMILES string of the molecule is CN1NNC=C1c1ccn2c(-c3cccc(NC(=O)NCC(F)(F)F)c3)cnc2c1. The number of carbonyl (C=O) groups is 1. The summed E-state index contributed by atoms with van der Waals surface area (Å²) in [5, 5.41) is 6.03. The lowest BCUT2D eigenvalue weighted by Crippen LogP contribution is -2.36. The number of aromatic nitrogens is 2. The number of hydrogen-bond acceptors (Lipinski definition) is 5. The van der Waals surface area contributed by atoms with E-state index in [0.717, 1.165) is 28.2 Å². The van der Waals surface area contributed by atoms with E-state index >= 15 is 0 Å². The molecule has 11 heteroatoms. The minimum absolute atomic E-state index is 0.369. The molecule has 4 rings (SSSR count). The van der Waals surface area contributed by atoms with Gasteiger partial charge in [-0.1, -0.05) is 12.1 Å². The van der Waals surface area contributed by atoms with Crippen LogP contribution in [0.3, 0.4) is 0 Å². The number of carbonyl (C=O) groups excluding carboxylic acids is 1. The van der Waals surface area contributed by atoms with Crippen molar-refractivity contribution in [1.29, 1.82) is 0 Å². The molecule has 2 amide bonds. The number of nitrogens with one attached hydrogen (secondary N) is 4. The topological polar surface area (TPSA) is 85.7 Å². The van der Waals surface area contributed by atoms with Crippen LogP contribution in [0.25, 0.3) is 22.6 Å². The Kier molecular flexibility index (Phi) is 4.96. The van der Waals surface area contributed by atoms with Crippen LogP contribution in [0.4, 0.5) is 23.7 Å². The molecule has 8 nitrogen and oxygen atoms in total. The molecule has 0 atom stereocenters. The zero-order valence-electron chi connectivity index (χ0n) is 15.8. The van der Waals surface area contributed by atoms with Crippen molar-refractivity contribution >= 4 is 23.1 Å². The molecule has 0 unspecified atom stereocenters. The molecular formula is C19H18F3N7O. The molecule has 4 N–H and O–H groups in total. The van der Waals surface area contributed by atoms with Crippen molar-refractivity contribution in [1.82, 2.24) is 30.7 Å². The predicted octanol–water partition coefficient (Wildman–Crippen LogP) is 2.94. The maximum Gasteiger partial charge on any atom is 0.405 e. The molecule has 0 fully saturated rings. The lowest BCUT2D eigenvalue weighted by Gasteiger charge is -2.15. The van der Waals surface area contributed by atoms with E-state index in [9.17, 15) is 18.0 Å². The average Bonchev–Trinajstić information content (AvgIpc) is 3.31. The molecule has 1 aliphatic rings. The first-order valence-electron chi connectivity index (χ1n) is 8.95. The van der Waals surface area contributed by atoms with Crippen LogP contribution in [0.15, 0.2) is 55.0 Å². The fraction of sp³-hybridized carbons (Fsp3) is 0.158. The number of halogens is 3. The fourth-order valence-corrected chi connectivity index (χ4v) is 3.10. The summed E-state index contributed by atoms with van der Waals surface area (Å²) in [6.45, 7) is -1.40. The lowest BCUT2D eigenvalue weighted by atomic mass is 10.1.